The second-order valence-corrected chi connectivity index (χ2v) is 8.10. The molecule has 1 rings (SSSR count). The summed E-state index contributed by atoms with van der Waals surface area (Å²) in [7, 11) is 0. The van der Waals surface area contributed by atoms with Crippen molar-refractivity contribution in [3.05, 3.63) is 0 Å². The number of hydrogen-bond acceptors (Lipinski definition) is 1. The van der Waals surface area contributed by atoms with Crippen LogP contribution in [0.5, 0.6) is 0 Å². The lowest BCUT2D eigenvalue weighted by Crippen LogP contribution is -2.37. The summed E-state index contributed by atoms with van der Waals surface area (Å²) in [6, 6.07) is 0. The van der Waals surface area contributed by atoms with Crippen LogP contribution < -0.4 is 0 Å². The fraction of sp³-hybridized carbons (Fsp3) is 1.00. The van der Waals surface area contributed by atoms with E-state index < -0.39 is 0 Å². The Morgan fingerprint density at radius 2 is 1.83 bits per heavy atom. The standard InChI is InChI=1S/C16H32BrN/c1-13(2)14-7-6-9-18(10-8-14)12-15(11-17)16(3,4)5/h13-15H,6-12H2,1-5H3. The van der Waals surface area contributed by atoms with Crippen LogP contribution in [0.15, 0.2) is 0 Å². The van der Waals surface area contributed by atoms with Crippen LogP contribution >= 0.6 is 15.9 Å². The number of nitrogens with zero attached hydrogens (tertiary/aromatic N) is 1. The van der Waals surface area contributed by atoms with Crippen LogP contribution in [0.1, 0.15) is 53.9 Å². The van der Waals surface area contributed by atoms with E-state index in [1.54, 1.807) is 0 Å². The van der Waals surface area contributed by atoms with Crippen molar-refractivity contribution in [2.45, 2.75) is 53.9 Å². The summed E-state index contributed by atoms with van der Waals surface area (Å²) in [5.74, 6) is 2.57. The van der Waals surface area contributed by atoms with E-state index in [2.05, 4.69) is 55.4 Å². The first-order valence-electron chi connectivity index (χ1n) is 7.63. The zero-order valence-corrected chi connectivity index (χ0v) is 14.6. The highest BCUT2D eigenvalue weighted by atomic mass is 79.9. The highest BCUT2D eigenvalue weighted by Gasteiger charge is 2.27. The lowest BCUT2D eigenvalue weighted by atomic mass is 9.81. The van der Waals surface area contributed by atoms with Crippen molar-refractivity contribution in [3.8, 4) is 0 Å². The molecule has 0 bridgehead atoms. The van der Waals surface area contributed by atoms with Crippen molar-refractivity contribution in [1.29, 1.82) is 0 Å². The average Bonchev–Trinajstić information content (AvgIpc) is 2.49. The number of hydrogen-bond donors (Lipinski definition) is 0. The quantitative estimate of drug-likeness (QED) is 0.673. The minimum atomic E-state index is 0.410. The van der Waals surface area contributed by atoms with Gasteiger partial charge in [0.1, 0.15) is 0 Å². The molecule has 0 aromatic heterocycles. The van der Waals surface area contributed by atoms with Crippen molar-refractivity contribution in [2.75, 3.05) is 25.0 Å². The second-order valence-electron chi connectivity index (χ2n) is 7.45. The zero-order chi connectivity index (χ0) is 13.8. The van der Waals surface area contributed by atoms with Gasteiger partial charge in [-0.2, -0.15) is 0 Å². The van der Waals surface area contributed by atoms with E-state index in [4.69, 9.17) is 0 Å². The first-order chi connectivity index (χ1) is 8.34. The molecular weight excluding hydrogens is 286 g/mol. The predicted molar refractivity (Wildman–Crippen MR) is 85.4 cm³/mol. The molecule has 1 fully saturated rings. The largest absolute Gasteiger partial charge is 0.303 e. The summed E-state index contributed by atoms with van der Waals surface area (Å²) in [4.78, 5) is 2.71. The van der Waals surface area contributed by atoms with Gasteiger partial charge in [-0.3, -0.25) is 0 Å². The van der Waals surface area contributed by atoms with Gasteiger partial charge in [0.2, 0.25) is 0 Å². The van der Waals surface area contributed by atoms with Crippen molar-refractivity contribution < 1.29 is 0 Å². The highest BCUT2D eigenvalue weighted by molar-refractivity contribution is 9.09. The maximum Gasteiger partial charge on any atom is 0.00768 e. The van der Waals surface area contributed by atoms with Gasteiger partial charge in [-0.1, -0.05) is 50.5 Å². The highest BCUT2D eigenvalue weighted by Crippen LogP contribution is 2.30. The number of likely N-dealkylation sites (tertiary alicyclic amines) is 1. The summed E-state index contributed by atoms with van der Waals surface area (Å²) >= 11 is 3.71. The van der Waals surface area contributed by atoms with Crippen molar-refractivity contribution in [3.63, 3.8) is 0 Å². The first kappa shape index (κ1) is 16.5. The van der Waals surface area contributed by atoms with Gasteiger partial charge in [-0.25, -0.2) is 0 Å². The molecule has 0 saturated carbocycles. The topological polar surface area (TPSA) is 3.24 Å². The molecule has 0 amide bonds. The van der Waals surface area contributed by atoms with Gasteiger partial charge in [0.15, 0.2) is 0 Å². The van der Waals surface area contributed by atoms with E-state index in [1.807, 2.05) is 0 Å². The molecule has 1 aliphatic rings. The van der Waals surface area contributed by atoms with E-state index >= 15 is 0 Å². The Morgan fingerprint density at radius 1 is 1.17 bits per heavy atom. The third kappa shape index (κ3) is 5.21. The van der Waals surface area contributed by atoms with Crippen molar-refractivity contribution >= 4 is 15.9 Å². The lowest BCUT2D eigenvalue weighted by Gasteiger charge is -2.34. The maximum atomic E-state index is 3.71. The molecule has 2 heteroatoms. The molecule has 0 aromatic carbocycles. The van der Waals surface area contributed by atoms with Crippen LogP contribution in [0.25, 0.3) is 0 Å². The van der Waals surface area contributed by atoms with Crippen molar-refractivity contribution in [1.82, 2.24) is 4.90 Å². The third-order valence-corrected chi connectivity index (χ3v) is 5.48. The number of rotatable bonds is 4. The summed E-state index contributed by atoms with van der Waals surface area (Å²) < 4.78 is 0. The fourth-order valence-corrected chi connectivity index (χ4v) is 4.07. The Kier molecular flexibility index (Phi) is 6.67. The third-order valence-electron chi connectivity index (χ3n) is 4.70. The summed E-state index contributed by atoms with van der Waals surface area (Å²) in [5, 5.41) is 1.13. The van der Waals surface area contributed by atoms with E-state index in [1.165, 1.54) is 38.9 Å². The lowest BCUT2D eigenvalue weighted by molar-refractivity contribution is 0.167. The van der Waals surface area contributed by atoms with Gasteiger partial charge in [0.25, 0.3) is 0 Å². The van der Waals surface area contributed by atoms with Crippen LogP contribution in [0.4, 0.5) is 0 Å². The zero-order valence-electron chi connectivity index (χ0n) is 13.0. The molecule has 0 radical (unpaired) electrons. The molecule has 0 aromatic rings. The number of halogens is 1. The Hall–Kier alpha value is 0.440. The van der Waals surface area contributed by atoms with Gasteiger partial charge >= 0.3 is 0 Å². The van der Waals surface area contributed by atoms with E-state index in [-0.39, 0.29) is 0 Å². The SMILES string of the molecule is CC(C)C1CCCN(CC(CBr)C(C)(C)C)CC1. The molecular formula is C16H32BrN. The van der Waals surface area contributed by atoms with Crippen LogP contribution in [0.3, 0.4) is 0 Å². The Bertz CT molecular complexity index is 232. The summed E-state index contributed by atoms with van der Waals surface area (Å²) in [6.45, 7) is 15.8. The molecule has 0 N–H and O–H groups in total. The molecule has 108 valence electrons. The van der Waals surface area contributed by atoms with Crippen LogP contribution in [0.2, 0.25) is 0 Å². The summed E-state index contributed by atoms with van der Waals surface area (Å²) in [6.07, 6.45) is 4.22. The van der Waals surface area contributed by atoms with Gasteiger partial charge in [0.05, 0.1) is 0 Å². The van der Waals surface area contributed by atoms with Gasteiger partial charge < -0.3 is 4.90 Å². The Morgan fingerprint density at radius 3 is 2.33 bits per heavy atom. The second kappa shape index (κ2) is 7.28. The molecule has 1 aliphatic heterocycles. The minimum absolute atomic E-state index is 0.410. The van der Waals surface area contributed by atoms with Crippen LogP contribution in [-0.2, 0) is 0 Å². The predicted octanol–water partition coefficient (Wildman–Crippen LogP) is 4.80. The van der Waals surface area contributed by atoms with E-state index in [9.17, 15) is 0 Å². The van der Waals surface area contributed by atoms with E-state index in [0.717, 1.165) is 23.1 Å². The first-order valence-corrected chi connectivity index (χ1v) is 8.75. The van der Waals surface area contributed by atoms with Crippen molar-refractivity contribution in [2.24, 2.45) is 23.2 Å². The van der Waals surface area contributed by atoms with Gasteiger partial charge in [0, 0.05) is 11.9 Å². The molecule has 18 heavy (non-hydrogen) atoms. The molecule has 2 atom stereocenters. The van der Waals surface area contributed by atoms with E-state index in [0.29, 0.717) is 5.41 Å². The fourth-order valence-electron chi connectivity index (χ4n) is 2.90. The van der Waals surface area contributed by atoms with Gasteiger partial charge in [-0.15, -0.1) is 0 Å². The average molecular weight is 318 g/mol. The minimum Gasteiger partial charge on any atom is -0.303 e. The van der Waals surface area contributed by atoms with Crippen LogP contribution in [0, 0.1) is 23.2 Å². The Balaban J connectivity index is 2.48. The molecule has 1 saturated heterocycles. The molecule has 1 heterocycles. The maximum absolute atomic E-state index is 3.71. The monoisotopic (exact) mass is 317 g/mol. The Labute approximate surface area is 123 Å². The van der Waals surface area contributed by atoms with Crippen LogP contribution in [-0.4, -0.2) is 29.9 Å². The molecule has 0 aliphatic carbocycles. The number of alkyl halides is 1. The normalized spacial score (nSPS) is 25.2. The molecule has 1 nitrogen and oxygen atoms in total. The molecule has 0 spiro atoms. The molecule has 2 unspecified atom stereocenters. The summed E-state index contributed by atoms with van der Waals surface area (Å²) in [5.41, 5.74) is 0.410. The smallest absolute Gasteiger partial charge is 0.00768 e. The van der Waals surface area contributed by atoms with Gasteiger partial charge in [-0.05, 0) is 55.5 Å².